The maximum atomic E-state index is 11.2. The maximum Gasteiger partial charge on any atom is 0.239 e. The van der Waals surface area contributed by atoms with E-state index in [1.807, 2.05) is 0 Å². The van der Waals surface area contributed by atoms with E-state index in [9.17, 15) is 19.2 Å². The van der Waals surface area contributed by atoms with Gasteiger partial charge in [-0.15, -0.1) is 0 Å². The summed E-state index contributed by atoms with van der Waals surface area (Å²) in [5.41, 5.74) is 9.76. The first-order valence-electron chi connectivity index (χ1n) is 5.52. The van der Waals surface area contributed by atoms with E-state index < -0.39 is 17.7 Å². The summed E-state index contributed by atoms with van der Waals surface area (Å²) in [5, 5.41) is 4.61. The maximum absolute atomic E-state index is 11.2. The third kappa shape index (κ3) is 10.4. The molecule has 0 spiro atoms. The quantitative estimate of drug-likeness (QED) is 0.346. The molecule has 8 heteroatoms. The molecular formula is C10H18N4O4. The normalized spacial score (nSPS) is 9.56. The van der Waals surface area contributed by atoms with Gasteiger partial charge in [0.05, 0.1) is 13.1 Å². The Kier molecular flexibility index (Phi) is 7.91. The van der Waals surface area contributed by atoms with Crippen LogP contribution in [0.25, 0.3) is 0 Å². The van der Waals surface area contributed by atoms with Crippen molar-refractivity contribution in [2.75, 3.05) is 13.1 Å². The van der Waals surface area contributed by atoms with Gasteiger partial charge in [-0.2, -0.15) is 0 Å². The molecule has 0 aromatic heterocycles. The van der Waals surface area contributed by atoms with Gasteiger partial charge in [-0.25, -0.2) is 0 Å². The summed E-state index contributed by atoms with van der Waals surface area (Å²) in [6.45, 7) is -0.463. The monoisotopic (exact) mass is 258 g/mol. The molecule has 0 aliphatic carbocycles. The number of nitrogens with two attached hydrogens (primary N) is 2. The number of amides is 4. The second-order valence-electron chi connectivity index (χ2n) is 3.69. The average Bonchev–Trinajstić information content (AvgIpc) is 2.29. The van der Waals surface area contributed by atoms with Gasteiger partial charge in [-0.1, -0.05) is 0 Å². The zero-order valence-electron chi connectivity index (χ0n) is 10.0. The van der Waals surface area contributed by atoms with Crippen molar-refractivity contribution in [2.24, 2.45) is 11.5 Å². The first-order chi connectivity index (χ1) is 8.41. The van der Waals surface area contributed by atoms with Gasteiger partial charge >= 0.3 is 0 Å². The predicted octanol–water partition coefficient (Wildman–Crippen LogP) is -2.25. The molecule has 0 atom stereocenters. The van der Waals surface area contributed by atoms with Crippen LogP contribution in [0.4, 0.5) is 0 Å². The van der Waals surface area contributed by atoms with Crippen LogP contribution in [0.3, 0.4) is 0 Å². The van der Waals surface area contributed by atoms with Crippen molar-refractivity contribution in [2.45, 2.75) is 25.7 Å². The lowest BCUT2D eigenvalue weighted by atomic mass is 10.2. The topological polar surface area (TPSA) is 144 Å². The van der Waals surface area contributed by atoms with Crippen molar-refractivity contribution in [3.05, 3.63) is 0 Å². The molecule has 18 heavy (non-hydrogen) atoms. The van der Waals surface area contributed by atoms with E-state index in [1.54, 1.807) is 0 Å². The molecule has 6 N–H and O–H groups in total. The molecule has 0 unspecified atom stereocenters. The minimum Gasteiger partial charge on any atom is -0.370 e. The summed E-state index contributed by atoms with van der Waals surface area (Å²) in [6, 6.07) is 0. The summed E-state index contributed by atoms with van der Waals surface area (Å²) in [4.78, 5) is 43.1. The van der Waals surface area contributed by atoms with E-state index in [0.717, 1.165) is 0 Å². The van der Waals surface area contributed by atoms with E-state index in [2.05, 4.69) is 10.6 Å². The standard InChI is InChI=1S/C10H18N4O4/c11-7(15)3-1-2-4-9(17)14-6-10(18)13-5-8(12)16/h1-6H2,(H2,11,15)(H2,12,16)(H,13,18)(H,14,17). The van der Waals surface area contributed by atoms with Crippen molar-refractivity contribution in [1.29, 1.82) is 0 Å². The lowest BCUT2D eigenvalue weighted by Gasteiger charge is -2.05. The molecule has 0 saturated heterocycles. The highest BCUT2D eigenvalue weighted by atomic mass is 16.2. The first kappa shape index (κ1) is 15.9. The third-order valence-electron chi connectivity index (χ3n) is 1.98. The summed E-state index contributed by atoms with van der Waals surface area (Å²) >= 11 is 0. The second-order valence-corrected chi connectivity index (χ2v) is 3.69. The van der Waals surface area contributed by atoms with Crippen LogP contribution in [-0.4, -0.2) is 36.7 Å². The van der Waals surface area contributed by atoms with Gasteiger partial charge < -0.3 is 22.1 Å². The van der Waals surface area contributed by atoms with Crippen LogP contribution in [0.1, 0.15) is 25.7 Å². The fraction of sp³-hybridized carbons (Fsp3) is 0.600. The van der Waals surface area contributed by atoms with Crippen molar-refractivity contribution in [3.8, 4) is 0 Å². The van der Waals surface area contributed by atoms with Gasteiger partial charge in [0.15, 0.2) is 0 Å². The smallest absolute Gasteiger partial charge is 0.239 e. The van der Waals surface area contributed by atoms with Crippen LogP contribution in [0.5, 0.6) is 0 Å². The lowest BCUT2D eigenvalue weighted by molar-refractivity contribution is -0.127. The zero-order valence-corrected chi connectivity index (χ0v) is 10.0. The highest BCUT2D eigenvalue weighted by Gasteiger charge is 2.06. The van der Waals surface area contributed by atoms with Gasteiger partial charge in [-0.3, -0.25) is 19.2 Å². The predicted molar refractivity (Wildman–Crippen MR) is 62.9 cm³/mol. The fourth-order valence-corrected chi connectivity index (χ4v) is 1.10. The summed E-state index contributed by atoms with van der Waals surface area (Å²) in [6.07, 6.45) is 1.52. The summed E-state index contributed by atoms with van der Waals surface area (Å²) in [7, 11) is 0. The Morgan fingerprint density at radius 1 is 0.722 bits per heavy atom. The molecule has 0 rings (SSSR count). The van der Waals surface area contributed by atoms with Gasteiger partial charge in [-0.05, 0) is 12.8 Å². The molecule has 0 aromatic rings. The third-order valence-corrected chi connectivity index (χ3v) is 1.98. The number of primary amides is 2. The molecule has 0 saturated carbocycles. The number of carbonyl (C=O) groups excluding carboxylic acids is 4. The Hall–Kier alpha value is -2.12. The lowest BCUT2D eigenvalue weighted by Crippen LogP contribution is -2.40. The number of hydrogen-bond donors (Lipinski definition) is 4. The second kappa shape index (κ2) is 8.97. The Morgan fingerprint density at radius 3 is 1.83 bits per heavy atom. The Morgan fingerprint density at radius 2 is 1.28 bits per heavy atom. The fourth-order valence-electron chi connectivity index (χ4n) is 1.10. The Labute approximate surface area is 104 Å². The molecule has 0 heterocycles. The molecular weight excluding hydrogens is 240 g/mol. The Balaban J connectivity index is 3.54. The molecule has 0 aliphatic heterocycles. The summed E-state index contributed by atoms with van der Waals surface area (Å²) in [5.74, 6) is -1.84. The van der Waals surface area contributed by atoms with Crippen LogP contribution in [-0.2, 0) is 19.2 Å². The molecule has 102 valence electrons. The highest BCUT2D eigenvalue weighted by molar-refractivity contribution is 5.87. The van der Waals surface area contributed by atoms with E-state index >= 15 is 0 Å². The van der Waals surface area contributed by atoms with E-state index in [4.69, 9.17) is 11.5 Å². The van der Waals surface area contributed by atoms with Gasteiger partial charge in [0, 0.05) is 12.8 Å². The molecule has 0 fully saturated rings. The molecule has 0 aromatic carbocycles. The van der Waals surface area contributed by atoms with Gasteiger partial charge in [0.1, 0.15) is 0 Å². The van der Waals surface area contributed by atoms with Crippen molar-refractivity contribution in [1.82, 2.24) is 10.6 Å². The largest absolute Gasteiger partial charge is 0.370 e. The Bertz CT molecular complexity index is 330. The zero-order chi connectivity index (χ0) is 14.0. The van der Waals surface area contributed by atoms with Crippen LogP contribution in [0.15, 0.2) is 0 Å². The van der Waals surface area contributed by atoms with Gasteiger partial charge in [0.25, 0.3) is 0 Å². The molecule has 8 nitrogen and oxygen atoms in total. The molecule has 0 aliphatic rings. The van der Waals surface area contributed by atoms with E-state index in [0.29, 0.717) is 12.8 Å². The number of nitrogens with one attached hydrogen (secondary N) is 2. The minimum absolute atomic E-state index is 0.206. The first-order valence-corrected chi connectivity index (χ1v) is 5.52. The molecule has 0 bridgehead atoms. The van der Waals surface area contributed by atoms with Crippen molar-refractivity contribution >= 4 is 23.6 Å². The molecule has 0 radical (unpaired) electrons. The van der Waals surface area contributed by atoms with Crippen LogP contribution >= 0.6 is 0 Å². The number of unbranched alkanes of at least 4 members (excludes halogenated alkanes) is 1. The number of hydrogen-bond acceptors (Lipinski definition) is 4. The van der Waals surface area contributed by atoms with Crippen LogP contribution in [0, 0.1) is 0 Å². The number of rotatable bonds is 9. The van der Waals surface area contributed by atoms with E-state index in [-0.39, 0.29) is 31.8 Å². The van der Waals surface area contributed by atoms with E-state index in [1.165, 1.54) is 0 Å². The van der Waals surface area contributed by atoms with Crippen LogP contribution in [0.2, 0.25) is 0 Å². The van der Waals surface area contributed by atoms with Crippen LogP contribution < -0.4 is 22.1 Å². The minimum atomic E-state index is -0.652. The average molecular weight is 258 g/mol. The van der Waals surface area contributed by atoms with Crippen molar-refractivity contribution < 1.29 is 19.2 Å². The van der Waals surface area contributed by atoms with Gasteiger partial charge in [0.2, 0.25) is 23.6 Å². The number of carbonyl (C=O) groups is 4. The highest BCUT2D eigenvalue weighted by Crippen LogP contribution is 1.98. The summed E-state index contributed by atoms with van der Waals surface area (Å²) < 4.78 is 0. The molecule has 4 amide bonds. The van der Waals surface area contributed by atoms with Crippen molar-refractivity contribution in [3.63, 3.8) is 0 Å². The SMILES string of the molecule is NC(=O)CCCCC(=O)NCC(=O)NCC(N)=O.